The minimum atomic E-state index is -0.407. The fourth-order valence-electron chi connectivity index (χ4n) is 1.38. The van der Waals surface area contributed by atoms with Gasteiger partial charge < -0.3 is 5.32 Å². The molecule has 1 aromatic heterocycles. The van der Waals surface area contributed by atoms with Crippen molar-refractivity contribution in [3.8, 4) is 0 Å². The summed E-state index contributed by atoms with van der Waals surface area (Å²) in [4.78, 5) is 19.7. The maximum Gasteiger partial charge on any atom is 0.275 e. The van der Waals surface area contributed by atoms with Gasteiger partial charge in [-0.25, -0.2) is 4.98 Å². The quantitative estimate of drug-likeness (QED) is 0.876. The monoisotopic (exact) mass is 359 g/mol. The first-order chi connectivity index (χ1) is 8.97. The van der Waals surface area contributed by atoms with Gasteiger partial charge in [-0.1, -0.05) is 23.2 Å². The van der Waals surface area contributed by atoms with E-state index in [9.17, 15) is 4.79 Å². The topological polar surface area (TPSA) is 54.9 Å². The highest BCUT2D eigenvalue weighted by molar-refractivity contribution is 9.10. The standard InChI is InChI=1S/C12H8BrCl2N3O/c1-6-2-7(13)9(3-8(6)14)18-12(19)10-4-16-5-11(15)17-10/h2-5H,1H3,(H,18,19). The van der Waals surface area contributed by atoms with E-state index in [1.54, 1.807) is 6.07 Å². The van der Waals surface area contributed by atoms with Gasteiger partial charge in [0.1, 0.15) is 10.8 Å². The lowest BCUT2D eigenvalue weighted by molar-refractivity contribution is 0.102. The number of nitrogens with zero attached hydrogens (tertiary/aromatic N) is 2. The molecule has 1 N–H and O–H groups in total. The van der Waals surface area contributed by atoms with Gasteiger partial charge in [-0.05, 0) is 40.5 Å². The van der Waals surface area contributed by atoms with E-state index in [1.165, 1.54) is 12.4 Å². The number of benzene rings is 1. The number of aromatic nitrogens is 2. The van der Waals surface area contributed by atoms with Gasteiger partial charge in [0.05, 0.1) is 18.1 Å². The van der Waals surface area contributed by atoms with Crippen LogP contribution in [0.2, 0.25) is 10.2 Å². The summed E-state index contributed by atoms with van der Waals surface area (Å²) < 4.78 is 0.734. The number of aryl methyl sites for hydroxylation is 1. The Labute approximate surface area is 128 Å². The third-order valence-corrected chi connectivity index (χ3v) is 3.58. The summed E-state index contributed by atoms with van der Waals surface area (Å²) in [5.41, 5.74) is 1.60. The molecule has 0 aliphatic rings. The predicted molar refractivity (Wildman–Crippen MR) is 78.9 cm³/mol. The molecule has 0 aliphatic carbocycles. The summed E-state index contributed by atoms with van der Waals surface area (Å²) in [6.45, 7) is 1.88. The van der Waals surface area contributed by atoms with Gasteiger partial charge in [0.2, 0.25) is 0 Å². The summed E-state index contributed by atoms with van der Waals surface area (Å²) in [6, 6.07) is 3.48. The maximum absolute atomic E-state index is 12.0. The van der Waals surface area contributed by atoms with Gasteiger partial charge in [-0.2, -0.15) is 0 Å². The SMILES string of the molecule is Cc1cc(Br)c(NC(=O)c2cncc(Cl)n2)cc1Cl. The summed E-state index contributed by atoms with van der Waals surface area (Å²) >= 11 is 15.1. The molecule has 1 heterocycles. The number of anilines is 1. The zero-order chi connectivity index (χ0) is 14.0. The molecule has 2 aromatic rings. The first kappa shape index (κ1) is 14.2. The van der Waals surface area contributed by atoms with Crippen LogP contribution in [0.3, 0.4) is 0 Å². The average Bonchev–Trinajstić information content (AvgIpc) is 2.36. The van der Waals surface area contributed by atoms with Crippen LogP contribution in [0.15, 0.2) is 29.0 Å². The summed E-state index contributed by atoms with van der Waals surface area (Å²) in [6.07, 6.45) is 2.70. The molecule has 4 nitrogen and oxygen atoms in total. The Hall–Kier alpha value is -1.17. The highest BCUT2D eigenvalue weighted by atomic mass is 79.9. The number of hydrogen-bond acceptors (Lipinski definition) is 3. The second-order valence-electron chi connectivity index (χ2n) is 3.76. The summed E-state index contributed by atoms with van der Waals surface area (Å²) in [5.74, 6) is -0.407. The molecule has 0 atom stereocenters. The van der Waals surface area contributed by atoms with Crippen molar-refractivity contribution in [3.63, 3.8) is 0 Å². The number of nitrogens with one attached hydrogen (secondary N) is 1. The Morgan fingerprint density at radius 2 is 2.05 bits per heavy atom. The molecule has 0 saturated heterocycles. The van der Waals surface area contributed by atoms with Crippen LogP contribution in [-0.4, -0.2) is 15.9 Å². The van der Waals surface area contributed by atoms with E-state index in [4.69, 9.17) is 23.2 Å². The van der Waals surface area contributed by atoms with Gasteiger partial charge in [0.25, 0.3) is 5.91 Å². The Morgan fingerprint density at radius 3 is 2.74 bits per heavy atom. The number of hydrogen-bond donors (Lipinski definition) is 1. The number of rotatable bonds is 2. The molecule has 2 rings (SSSR count). The normalized spacial score (nSPS) is 10.3. The first-order valence-corrected chi connectivity index (χ1v) is 6.77. The molecule has 19 heavy (non-hydrogen) atoms. The Bertz CT molecular complexity index is 649. The lowest BCUT2D eigenvalue weighted by Crippen LogP contribution is -2.14. The molecule has 1 aromatic carbocycles. The lowest BCUT2D eigenvalue weighted by atomic mass is 10.2. The molecule has 0 bridgehead atoms. The Kier molecular flexibility index (Phi) is 4.39. The number of carbonyl (C=O) groups excluding carboxylic acids is 1. The highest BCUT2D eigenvalue weighted by Crippen LogP contribution is 2.29. The van der Waals surface area contributed by atoms with Crippen LogP contribution in [-0.2, 0) is 0 Å². The first-order valence-electron chi connectivity index (χ1n) is 5.22. The van der Waals surface area contributed by atoms with Crippen LogP contribution >= 0.6 is 39.1 Å². The molecule has 0 fully saturated rings. The van der Waals surface area contributed by atoms with Crippen LogP contribution in [0, 0.1) is 6.92 Å². The number of halogens is 3. The van der Waals surface area contributed by atoms with Gasteiger partial charge in [-0.3, -0.25) is 9.78 Å². The fraction of sp³-hybridized carbons (Fsp3) is 0.0833. The lowest BCUT2D eigenvalue weighted by Gasteiger charge is -2.09. The van der Waals surface area contributed by atoms with Crippen LogP contribution in [0.5, 0.6) is 0 Å². The molecule has 0 aliphatic heterocycles. The molecule has 0 spiro atoms. The van der Waals surface area contributed by atoms with E-state index in [2.05, 4.69) is 31.2 Å². The second-order valence-corrected chi connectivity index (χ2v) is 5.41. The summed E-state index contributed by atoms with van der Waals surface area (Å²) in [5, 5.41) is 3.42. The molecular formula is C12H8BrCl2N3O. The molecular weight excluding hydrogens is 353 g/mol. The molecule has 0 radical (unpaired) electrons. The van der Waals surface area contributed by atoms with Crippen molar-refractivity contribution in [2.24, 2.45) is 0 Å². The van der Waals surface area contributed by atoms with Gasteiger partial charge >= 0.3 is 0 Å². The predicted octanol–water partition coefficient (Wildman–Crippen LogP) is 4.11. The third kappa shape index (κ3) is 3.43. The van der Waals surface area contributed by atoms with E-state index in [-0.39, 0.29) is 10.8 Å². The zero-order valence-corrected chi connectivity index (χ0v) is 12.8. The Balaban J connectivity index is 2.27. The van der Waals surface area contributed by atoms with E-state index in [0.717, 1.165) is 10.0 Å². The van der Waals surface area contributed by atoms with E-state index in [0.29, 0.717) is 10.7 Å². The number of carbonyl (C=O) groups is 1. The van der Waals surface area contributed by atoms with Crippen molar-refractivity contribution < 1.29 is 4.79 Å². The average molecular weight is 361 g/mol. The highest BCUT2D eigenvalue weighted by Gasteiger charge is 2.12. The van der Waals surface area contributed by atoms with Crippen molar-refractivity contribution in [3.05, 3.63) is 50.4 Å². The zero-order valence-electron chi connectivity index (χ0n) is 9.75. The van der Waals surface area contributed by atoms with Crippen molar-refractivity contribution >= 4 is 50.7 Å². The third-order valence-electron chi connectivity index (χ3n) is 2.33. The van der Waals surface area contributed by atoms with Gasteiger partial charge in [0.15, 0.2) is 0 Å². The van der Waals surface area contributed by atoms with E-state index >= 15 is 0 Å². The van der Waals surface area contributed by atoms with E-state index in [1.807, 2.05) is 13.0 Å². The van der Waals surface area contributed by atoms with E-state index < -0.39 is 5.91 Å². The molecule has 7 heteroatoms. The largest absolute Gasteiger partial charge is 0.320 e. The fourth-order valence-corrected chi connectivity index (χ4v) is 2.25. The van der Waals surface area contributed by atoms with Crippen LogP contribution in [0.4, 0.5) is 5.69 Å². The molecule has 98 valence electrons. The minimum absolute atomic E-state index is 0.135. The number of amides is 1. The van der Waals surface area contributed by atoms with Crippen LogP contribution < -0.4 is 5.32 Å². The molecule has 0 unspecified atom stereocenters. The van der Waals surface area contributed by atoms with Crippen LogP contribution in [0.1, 0.15) is 16.1 Å². The Morgan fingerprint density at radius 1 is 1.32 bits per heavy atom. The van der Waals surface area contributed by atoms with Crippen molar-refractivity contribution in [1.29, 1.82) is 0 Å². The smallest absolute Gasteiger partial charge is 0.275 e. The molecule has 1 amide bonds. The summed E-state index contributed by atoms with van der Waals surface area (Å²) in [7, 11) is 0. The van der Waals surface area contributed by atoms with Gasteiger partial charge in [0, 0.05) is 9.50 Å². The van der Waals surface area contributed by atoms with Crippen molar-refractivity contribution in [1.82, 2.24) is 9.97 Å². The van der Waals surface area contributed by atoms with Crippen LogP contribution in [0.25, 0.3) is 0 Å². The maximum atomic E-state index is 12.0. The van der Waals surface area contributed by atoms with Crippen molar-refractivity contribution in [2.75, 3.05) is 5.32 Å². The minimum Gasteiger partial charge on any atom is -0.320 e. The van der Waals surface area contributed by atoms with Gasteiger partial charge in [-0.15, -0.1) is 0 Å². The van der Waals surface area contributed by atoms with Crippen molar-refractivity contribution in [2.45, 2.75) is 6.92 Å². The second kappa shape index (κ2) is 5.86. The molecule has 0 saturated carbocycles.